The fourth-order valence-electron chi connectivity index (χ4n) is 2.52. The Morgan fingerprint density at radius 2 is 2.33 bits per heavy atom. The van der Waals surface area contributed by atoms with Crippen LogP contribution in [0.1, 0.15) is 29.6 Å². The predicted molar refractivity (Wildman–Crippen MR) is 71.2 cm³/mol. The second-order valence-corrected chi connectivity index (χ2v) is 4.90. The first-order chi connectivity index (χ1) is 8.70. The summed E-state index contributed by atoms with van der Waals surface area (Å²) < 4.78 is 0. The molecule has 1 atom stereocenters. The van der Waals surface area contributed by atoms with Crippen LogP contribution in [0.5, 0.6) is 0 Å². The molecule has 0 spiro atoms. The summed E-state index contributed by atoms with van der Waals surface area (Å²) >= 11 is 0. The fourth-order valence-corrected chi connectivity index (χ4v) is 2.52. The topological polar surface area (TPSA) is 66.6 Å². The molecule has 0 saturated carbocycles. The van der Waals surface area contributed by atoms with Crippen molar-refractivity contribution >= 4 is 11.6 Å². The molecule has 0 radical (unpaired) electrons. The van der Waals surface area contributed by atoms with Gasteiger partial charge < -0.3 is 15.7 Å². The first-order valence-electron chi connectivity index (χ1n) is 6.46. The monoisotopic (exact) mass is 248 g/mol. The molecule has 4 heteroatoms. The summed E-state index contributed by atoms with van der Waals surface area (Å²) in [6, 6.07) is 7.10. The summed E-state index contributed by atoms with van der Waals surface area (Å²) in [5.41, 5.74) is 6.97. The fraction of sp³-hybridized carbons (Fsp3) is 0.500. The van der Waals surface area contributed by atoms with Gasteiger partial charge in [0.15, 0.2) is 0 Å². The number of likely N-dealkylation sites (tertiary alicyclic amines) is 1. The van der Waals surface area contributed by atoms with Gasteiger partial charge in [-0.3, -0.25) is 4.79 Å². The summed E-state index contributed by atoms with van der Waals surface area (Å²) in [5.74, 6) is 0.471. The number of benzene rings is 1. The van der Waals surface area contributed by atoms with Crippen molar-refractivity contribution in [2.24, 2.45) is 5.92 Å². The molecule has 1 saturated heterocycles. The number of amides is 1. The number of aliphatic hydroxyl groups is 1. The van der Waals surface area contributed by atoms with Crippen molar-refractivity contribution in [3.05, 3.63) is 29.8 Å². The summed E-state index contributed by atoms with van der Waals surface area (Å²) in [6.45, 7) is 1.74. The number of nitrogen functional groups attached to an aromatic ring is 1. The third-order valence-corrected chi connectivity index (χ3v) is 3.48. The highest BCUT2D eigenvalue weighted by atomic mass is 16.3. The molecule has 4 nitrogen and oxygen atoms in total. The van der Waals surface area contributed by atoms with Gasteiger partial charge in [0.25, 0.3) is 5.91 Å². The molecule has 1 aromatic rings. The van der Waals surface area contributed by atoms with Crippen molar-refractivity contribution in [3.63, 3.8) is 0 Å². The summed E-state index contributed by atoms with van der Waals surface area (Å²) in [5, 5.41) is 8.98. The lowest BCUT2D eigenvalue weighted by Gasteiger charge is -2.32. The van der Waals surface area contributed by atoms with E-state index in [1.54, 1.807) is 24.3 Å². The van der Waals surface area contributed by atoms with Gasteiger partial charge in [0.2, 0.25) is 0 Å². The van der Waals surface area contributed by atoms with Gasteiger partial charge >= 0.3 is 0 Å². The number of hydrogen-bond acceptors (Lipinski definition) is 3. The second kappa shape index (κ2) is 5.87. The Morgan fingerprint density at radius 3 is 3.06 bits per heavy atom. The number of carbonyl (C=O) groups is 1. The van der Waals surface area contributed by atoms with Crippen LogP contribution in [0.15, 0.2) is 24.3 Å². The minimum atomic E-state index is 0.0462. The maximum atomic E-state index is 12.3. The lowest BCUT2D eigenvalue weighted by atomic mass is 9.94. The normalized spacial score (nSPS) is 19.8. The van der Waals surface area contributed by atoms with Crippen molar-refractivity contribution in [1.29, 1.82) is 0 Å². The van der Waals surface area contributed by atoms with Gasteiger partial charge in [-0.15, -0.1) is 0 Å². The van der Waals surface area contributed by atoms with Gasteiger partial charge in [-0.1, -0.05) is 6.07 Å². The van der Waals surface area contributed by atoms with E-state index < -0.39 is 0 Å². The van der Waals surface area contributed by atoms with E-state index in [0.717, 1.165) is 32.4 Å². The minimum absolute atomic E-state index is 0.0462. The van der Waals surface area contributed by atoms with E-state index >= 15 is 0 Å². The van der Waals surface area contributed by atoms with Gasteiger partial charge in [-0.2, -0.15) is 0 Å². The molecule has 1 aliphatic heterocycles. The largest absolute Gasteiger partial charge is 0.399 e. The zero-order valence-corrected chi connectivity index (χ0v) is 10.5. The Morgan fingerprint density at radius 1 is 1.50 bits per heavy atom. The molecule has 1 aromatic carbocycles. The average molecular weight is 248 g/mol. The first-order valence-corrected chi connectivity index (χ1v) is 6.46. The molecule has 1 heterocycles. The Kier molecular flexibility index (Phi) is 4.20. The third kappa shape index (κ3) is 3.01. The number of aliphatic hydroxyl groups excluding tert-OH is 1. The zero-order chi connectivity index (χ0) is 13.0. The van der Waals surface area contributed by atoms with Crippen LogP contribution in [-0.4, -0.2) is 35.6 Å². The molecule has 0 bridgehead atoms. The standard InChI is InChI=1S/C14H20N2O2/c15-13-5-1-4-12(9-13)14(18)16-7-2-3-11(10-16)6-8-17/h1,4-5,9,11,17H,2-3,6-8,10,15H2. The van der Waals surface area contributed by atoms with Gasteiger partial charge in [0.1, 0.15) is 0 Å². The Bertz CT molecular complexity index is 418. The average Bonchev–Trinajstić information content (AvgIpc) is 2.39. The quantitative estimate of drug-likeness (QED) is 0.797. The van der Waals surface area contributed by atoms with Crippen LogP contribution in [0.4, 0.5) is 5.69 Å². The maximum absolute atomic E-state index is 12.3. The minimum Gasteiger partial charge on any atom is -0.399 e. The van der Waals surface area contributed by atoms with Crippen LogP contribution >= 0.6 is 0 Å². The van der Waals surface area contributed by atoms with Gasteiger partial charge in [0, 0.05) is 30.9 Å². The van der Waals surface area contributed by atoms with Crippen LogP contribution in [-0.2, 0) is 0 Å². The number of nitrogens with two attached hydrogens (primary N) is 1. The molecule has 1 unspecified atom stereocenters. The van der Waals surface area contributed by atoms with E-state index in [1.807, 2.05) is 4.90 Å². The lowest BCUT2D eigenvalue weighted by molar-refractivity contribution is 0.0653. The number of carbonyl (C=O) groups excluding carboxylic acids is 1. The molecule has 1 aliphatic rings. The molecule has 98 valence electrons. The van der Waals surface area contributed by atoms with Crippen LogP contribution in [0, 0.1) is 5.92 Å². The van der Waals surface area contributed by atoms with Crippen molar-refractivity contribution in [2.75, 3.05) is 25.4 Å². The first kappa shape index (κ1) is 12.9. The number of hydrogen-bond donors (Lipinski definition) is 2. The van der Waals surface area contributed by atoms with Crippen molar-refractivity contribution in [3.8, 4) is 0 Å². The van der Waals surface area contributed by atoms with E-state index in [4.69, 9.17) is 10.8 Å². The third-order valence-electron chi connectivity index (χ3n) is 3.48. The molecule has 0 aliphatic carbocycles. The van der Waals surface area contributed by atoms with Crippen molar-refractivity contribution in [2.45, 2.75) is 19.3 Å². The van der Waals surface area contributed by atoms with E-state index in [9.17, 15) is 4.79 Å². The van der Waals surface area contributed by atoms with Crippen LogP contribution in [0.3, 0.4) is 0 Å². The van der Waals surface area contributed by atoms with E-state index in [2.05, 4.69) is 0 Å². The van der Waals surface area contributed by atoms with Crippen LogP contribution in [0.25, 0.3) is 0 Å². The number of rotatable bonds is 3. The van der Waals surface area contributed by atoms with Gasteiger partial charge in [-0.05, 0) is 43.4 Å². The van der Waals surface area contributed by atoms with Crippen LogP contribution in [0.2, 0.25) is 0 Å². The lowest BCUT2D eigenvalue weighted by Crippen LogP contribution is -2.40. The Labute approximate surface area is 107 Å². The molecule has 3 N–H and O–H groups in total. The molecule has 18 heavy (non-hydrogen) atoms. The maximum Gasteiger partial charge on any atom is 0.253 e. The summed E-state index contributed by atoms with van der Waals surface area (Å²) in [4.78, 5) is 14.2. The molecular formula is C14H20N2O2. The van der Waals surface area contributed by atoms with E-state index in [0.29, 0.717) is 17.2 Å². The highest BCUT2D eigenvalue weighted by Gasteiger charge is 2.24. The molecular weight excluding hydrogens is 228 g/mol. The summed E-state index contributed by atoms with van der Waals surface area (Å²) in [6.07, 6.45) is 2.89. The summed E-state index contributed by atoms with van der Waals surface area (Å²) in [7, 11) is 0. The van der Waals surface area contributed by atoms with Gasteiger partial charge in [0.05, 0.1) is 0 Å². The predicted octanol–water partition coefficient (Wildman–Crippen LogP) is 1.50. The molecule has 1 amide bonds. The molecule has 0 aromatic heterocycles. The number of piperidine rings is 1. The SMILES string of the molecule is Nc1cccc(C(=O)N2CCCC(CCO)C2)c1. The van der Waals surface area contributed by atoms with Crippen molar-refractivity contribution < 1.29 is 9.90 Å². The van der Waals surface area contributed by atoms with Gasteiger partial charge in [-0.25, -0.2) is 0 Å². The van der Waals surface area contributed by atoms with Crippen molar-refractivity contribution in [1.82, 2.24) is 4.90 Å². The Balaban J connectivity index is 2.04. The molecule has 2 rings (SSSR count). The highest BCUT2D eigenvalue weighted by Crippen LogP contribution is 2.21. The Hall–Kier alpha value is -1.55. The second-order valence-electron chi connectivity index (χ2n) is 4.90. The zero-order valence-electron chi connectivity index (χ0n) is 10.5. The van der Waals surface area contributed by atoms with Crippen LogP contribution < -0.4 is 5.73 Å². The highest BCUT2D eigenvalue weighted by molar-refractivity contribution is 5.95. The van der Waals surface area contributed by atoms with E-state index in [-0.39, 0.29) is 12.5 Å². The number of anilines is 1. The number of nitrogens with zero attached hydrogens (tertiary/aromatic N) is 1. The van der Waals surface area contributed by atoms with E-state index in [1.165, 1.54) is 0 Å². The smallest absolute Gasteiger partial charge is 0.253 e. The molecule has 1 fully saturated rings.